The highest BCUT2D eigenvalue weighted by Crippen LogP contribution is 2.24. The average molecular weight is 346 g/mol. The maximum Gasteiger partial charge on any atom is 0.235 e. The minimum atomic E-state index is -0.216. The Morgan fingerprint density at radius 3 is 2.58 bits per heavy atom. The zero-order valence-corrected chi connectivity index (χ0v) is 14.8. The molecule has 128 valence electrons. The summed E-state index contributed by atoms with van der Waals surface area (Å²) in [5, 5.41) is 12.3. The van der Waals surface area contributed by atoms with Gasteiger partial charge in [0.2, 0.25) is 11.1 Å². The highest BCUT2D eigenvalue weighted by molar-refractivity contribution is 8.00. The van der Waals surface area contributed by atoms with Crippen LogP contribution in [0.3, 0.4) is 0 Å². The Balaban J connectivity index is 1.64. The van der Waals surface area contributed by atoms with Crippen molar-refractivity contribution in [3.63, 3.8) is 0 Å². The zero-order chi connectivity index (χ0) is 16.9. The standard InChI is InChI=1S/C16H22N6OS/c1-3-20-9-11-21(12-10-20)15(23)13(2)24-16-17-18-19-22(16)14-7-5-4-6-8-14/h4-8,13H,3,9-12H2,1-2H3/t13-/m0/s1. The molecule has 1 aromatic carbocycles. The lowest BCUT2D eigenvalue weighted by atomic mass is 10.3. The number of rotatable bonds is 5. The number of hydrogen-bond donors (Lipinski definition) is 0. The second-order valence-electron chi connectivity index (χ2n) is 5.73. The summed E-state index contributed by atoms with van der Waals surface area (Å²) in [5.74, 6) is 0.151. The molecular formula is C16H22N6OS. The van der Waals surface area contributed by atoms with E-state index in [1.165, 1.54) is 11.8 Å². The van der Waals surface area contributed by atoms with Crippen LogP contribution in [0.4, 0.5) is 0 Å². The molecule has 2 aromatic rings. The summed E-state index contributed by atoms with van der Waals surface area (Å²) >= 11 is 1.40. The van der Waals surface area contributed by atoms with Crippen LogP contribution >= 0.6 is 11.8 Å². The molecular weight excluding hydrogens is 324 g/mol. The first-order chi connectivity index (χ1) is 11.7. The van der Waals surface area contributed by atoms with Gasteiger partial charge in [-0.2, -0.15) is 4.68 Å². The number of amides is 1. The molecule has 1 saturated heterocycles. The number of carbonyl (C=O) groups excluding carboxylic acids is 1. The van der Waals surface area contributed by atoms with E-state index in [9.17, 15) is 4.79 Å². The van der Waals surface area contributed by atoms with Gasteiger partial charge in [0.05, 0.1) is 10.9 Å². The molecule has 2 heterocycles. The molecule has 0 unspecified atom stereocenters. The SMILES string of the molecule is CCN1CCN(C(=O)[C@H](C)Sc2nnnn2-c2ccccc2)CC1. The number of likely N-dealkylation sites (N-methyl/N-ethyl adjacent to an activating group) is 1. The van der Waals surface area contributed by atoms with Crippen molar-refractivity contribution in [3.05, 3.63) is 30.3 Å². The highest BCUT2D eigenvalue weighted by Gasteiger charge is 2.26. The molecule has 0 spiro atoms. The first-order valence-electron chi connectivity index (χ1n) is 8.20. The fraction of sp³-hybridized carbons (Fsp3) is 0.500. The number of thioether (sulfide) groups is 1. The minimum Gasteiger partial charge on any atom is -0.339 e. The van der Waals surface area contributed by atoms with Crippen molar-refractivity contribution in [2.75, 3.05) is 32.7 Å². The Bertz CT molecular complexity index is 668. The minimum absolute atomic E-state index is 0.151. The topological polar surface area (TPSA) is 67.2 Å². The largest absolute Gasteiger partial charge is 0.339 e. The van der Waals surface area contributed by atoms with Crippen molar-refractivity contribution in [1.29, 1.82) is 0 Å². The maximum absolute atomic E-state index is 12.7. The van der Waals surface area contributed by atoms with Gasteiger partial charge in [-0.3, -0.25) is 4.79 Å². The molecule has 8 heteroatoms. The molecule has 1 amide bonds. The molecule has 0 saturated carbocycles. The van der Waals surface area contributed by atoms with Crippen LogP contribution in [0.1, 0.15) is 13.8 Å². The van der Waals surface area contributed by atoms with Crippen molar-refractivity contribution in [1.82, 2.24) is 30.0 Å². The molecule has 0 aliphatic carbocycles. The molecule has 1 atom stereocenters. The molecule has 1 aromatic heterocycles. The number of para-hydroxylation sites is 1. The molecule has 24 heavy (non-hydrogen) atoms. The van der Waals surface area contributed by atoms with Gasteiger partial charge in [-0.25, -0.2) is 0 Å². The Hall–Kier alpha value is -1.93. The molecule has 0 radical (unpaired) electrons. The van der Waals surface area contributed by atoms with E-state index in [1.807, 2.05) is 42.2 Å². The van der Waals surface area contributed by atoms with E-state index in [-0.39, 0.29) is 11.2 Å². The van der Waals surface area contributed by atoms with Crippen molar-refractivity contribution < 1.29 is 4.79 Å². The van der Waals surface area contributed by atoms with Crippen LogP contribution in [0.25, 0.3) is 5.69 Å². The van der Waals surface area contributed by atoms with Gasteiger partial charge in [-0.1, -0.05) is 36.9 Å². The van der Waals surface area contributed by atoms with Gasteiger partial charge >= 0.3 is 0 Å². The quantitative estimate of drug-likeness (QED) is 0.761. The zero-order valence-electron chi connectivity index (χ0n) is 14.0. The van der Waals surface area contributed by atoms with Crippen LogP contribution in [-0.2, 0) is 4.79 Å². The van der Waals surface area contributed by atoms with Crippen LogP contribution < -0.4 is 0 Å². The van der Waals surface area contributed by atoms with E-state index in [2.05, 4.69) is 27.3 Å². The first kappa shape index (κ1) is 16.9. The highest BCUT2D eigenvalue weighted by atomic mass is 32.2. The van der Waals surface area contributed by atoms with Crippen molar-refractivity contribution >= 4 is 17.7 Å². The Morgan fingerprint density at radius 2 is 1.92 bits per heavy atom. The lowest BCUT2D eigenvalue weighted by Crippen LogP contribution is -2.50. The third-order valence-electron chi connectivity index (χ3n) is 4.20. The third-order valence-corrected chi connectivity index (χ3v) is 5.22. The number of piperazine rings is 1. The molecule has 1 aliphatic heterocycles. The molecule has 1 aliphatic rings. The van der Waals surface area contributed by atoms with Crippen molar-refractivity contribution in [3.8, 4) is 5.69 Å². The Kier molecular flexibility index (Phi) is 5.47. The summed E-state index contributed by atoms with van der Waals surface area (Å²) in [7, 11) is 0. The lowest BCUT2D eigenvalue weighted by Gasteiger charge is -2.35. The first-order valence-corrected chi connectivity index (χ1v) is 9.08. The van der Waals surface area contributed by atoms with Crippen molar-refractivity contribution in [2.24, 2.45) is 0 Å². The van der Waals surface area contributed by atoms with E-state index < -0.39 is 0 Å². The van der Waals surface area contributed by atoms with Crippen LogP contribution in [0.15, 0.2) is 35.5 Å². The van der Waals surface area contributed by atoms with E-state index in [0.29, 0.717) is 5.16 Å². The summed E-state index contributed by atoms with van der Waals surface area (Å²) in [6, 6.07) is 9.71. The summed E-state index contributed by atoms with van der Waals surface area (Å²) in [4.78, 5) is 17.0. The van der Waals surface area contributed by atoms with Crippen LogP contribution in [-0.4, -0.2) is 73.9 Å². The summed E-state index contributed by atoms with van der Waals surface area (Å²) < 4.78 is 1.67. The predicted molar refractivity (Wildman–Crippen MR) is 93.2 cm³/mol. The van der Waals surface area contributed by atoms with Gasteiger partial charge in [-0.15, -0.1) is 5.10 Å². The Labute approximate surface area is 146 Å². The summed E-state index contributed by atoms with van der Waals surface area (Å²) in [6.45, 7) is 8.59. The maximum atomic E-state index is 12.7. The van der Waals surface area contributed by atoms with Gasteiger partial charge in [0.1, 0.15) is 0 Å². The summed E-state index contributed by atoms with van der Waals surface area (Å²) in [5.41, 5.74) is 0.890. The van der Waals surface area contributed by atoms with Crippen LogP contribution in [0.2, 0.25) is 0 Å². The second-order valence-corrected chi connectivity index (χ2v) is 7.04. The van der Waals surface area contributed by atoms with E-state index in [0.717, 1.165) is 38.4 Å². The lowest BCUT2D eigenvalue weighted by molar-refractivity contribution is -0.132. The number of nitrogens with zero attached hydrogens (tertiary/aromatic N) is 6. The predicted octanol–water partition coefficient (Wildman–Crippen LogP) is 1.31. The van der Waals surface area contributed by atoms with Crippen LogP contribution in [0.5, 0.6) is 0 Å². The number of benzene rings is 1. The summed E-state index contributed by atoms with van der Waals surface area (Å²) in [6.07, 6.45) is 0. The number of carbonyl (C=O) groups is 1. The fourth-order valence-corrected chi connectivity index (χ4v) is 3.63. The number of tetrazole rings is 1. The van der Waals surface area contributed by atoms with E-state index >= 15 is 0 Å². The van der Waals surface area contributed by atoms with Gasteiger partial charge in [0.25, 0.3) is 0 Å². The smallest absolute Gasteiger partial charge is 0.235 e. The fourth-order valence-electron chi connectivity index (χ4n) is 2.73. The average Bonchev–Trinajstić information content (AvgIpc) is 3.10. The van der Waals surface area contributed by atoms with E-state index in [4.69, 9.17) is 0 Å². The molecule has 1 fully saturated rings. The number of aromatic nitrogens is 4. The molecule has 0 N–H and O–H groups in total. The molecule has 3 rings (SSSR count). The Morgan fingerprint density at radius 1 is 1.21 bits per heavy atom. The van der Waals surface area contributed by atoms with Gasteiger partial charge in [0, 0.05) is 26.2 Å². The van der Waals surface area contributed by atoms with Crippen molar-refractivity contribution in [2.45, 2.75) is 24.3 Å². The molecule has 7 nitrogen and oxygen atoms in total. The molecule has 0 bridgehead atoms. The normalized spacial score (nSPS) is 17.0. The second kappa shape index (κ2) is 7.76. The van der Waals surface area contributed by atoms with E-state index in [1.54, 1.807) is 4.68 Å². The number of hydrogen-bond acceptors (Lipinski definition) is 6. The van der Waals surface area contributed by atoms with Crippen LogP contribution in [0, 0.1) is 0 Å². The van der Waals surface area contributed by atoms with Gasteiger partial charge in [0.15, 0.2) is 0 Å². The monoisotopic (exact) mass is 346 g/mol. The van der Waals surface area contributed by atoms with Gasteiger partial charge in [-0.05, 0) is 36.0 Å². The third kappa shape index (κ3) is 3.76. The van der Waals surface area contributed by atoms with Gasteiger partial charge < -0.3 is 9.80 Å².